The Balaban J connectivity index is 1.95. The zero-order valence-electron chi connectivity index (χ0n) is 10.3. The number of anilines is 1. The third kappa shape index (κ3) is 1.49. The van der Waals surface area contributed by atoms with Gasteiger partial charge < -0.3 is 10.0 Å². The first-order valence-corrected chi connectivity index (χ1v) is 6.12. The molecular weight excluding hydrogens is 230 g/mol. The topological polar surface area (TPSA) is 57.6 Å². The first-order chi connectivity index (χ1) is 8.57. The minimum Gasteiger partial charge on any atom is -0.395 e. The van der Waals surface area contributed by atoms with E-state index in [-0.39, 0.29) is 18.3 Å². The van der Waals surface area contributed by atoms with Crippen molar-refractivity contribution in [1.29, 1.82) is 0 Å². The maximum absolute atomic E-state index is 12.3. The molecule has 0 spiro atoms. The number of nitrogens with zero attached hydrogens (tertiary/aromatic N) is 1. The van der Waals surface area contributed by atoms with Crippen molar-refractivity contribution in [3.63, 3.8) is 0 Å². The normalized spacial score (nSPS) is 19.9. The molecule has 1 amide bonds. The fraction of sp³-hybridized carbons (Fsp3) is 0.429. The maximum Gasteiger partial charge on any atom is 0.231 e. The second-order valence-electron chi connectivity index (χ2n) is 5.24. The highest BCUT2D eigenvalue weighted by molar-refractivity contribution is 6.05. The van der Waals surface area contributed by atoms with Gasteiger partial charge >= 0.3 is 0 Å². The molecule has 1 N–H and O–H groups in total. The molecule has 0 aromatic heterocycles. The third-order valence-corrected chi connectivity index (χ3v) is 4.06. The highest BCUT2D eigenvalue weighted by atomic mass is 16.3. The molecule has 0 saturated heterocycles. The molecule has 3 rings (SSSR count). The van der Waals surface area contributed by atoms with Crippen LogP contribution >= 0.6 is 0 Å². The minimum atomic E-state index is -0.539. The van der Waals surface area contributed by atoms with Crippen molar-refractivity contribution in [1.82, 2.24) is 0 Å². The lowest BCUT2D eigenvalue weighted by atomic mass is 9.94. The van der Waals surface area contributed by atoms with Gasteiger partial charge in [-0.15, -0.1) is 0 Å². The van der Waals surface area contributed by atoms with Crippen LogP contribution in [-0.2, 0) is 11.2 Å². The van der Waals surface area contributed by atoms with Crippen LogP contribution in [0.25, 0.3) is 0 Å². The van der Waals surface area contributed by atoms with Gasteiger partial charge in [0.2, 0.25) is 5.91 Å². The summed E-state index contributed by atoms with van der Waals surface area (Å²) in [6.45, 7) is -0.0816. The molecule has 1 saturated carbocycles. The van der Waals surface area contributed by atoms with E-state index in [0.717, 1.165) is 24.1 Å². The van der Waals surface area contributed by atoms with Gasteiger partial charge in [-0.05, 0) is 36.6 Å². The number of benzene rings is 1. The van der Waals surface area contributed by atoms with Gasteiger partial charge in [0.1, 0.15) is 0 Å². The van der Waals surface area contributed by atoms with E-state index in [0.29, 0.717) is 12.0 Å². The van der Waals surface area contributed by atoms with Crippen LogP contribution in [0, 0.1) is 5.41 Å². The third-order valence-electron chi connectivity index (χ3n) is 4.06. The van der Waals surface area contributed by atoms with E-state index in [2.05, 4.69) is 0 Å². The number of hydrogen-bond donors (Lipinski definition) is 1. The fourth-order valence-electron chi connectivity index (χ4n) is 2.53. The molecule has 1 fully saturated rings. The van der Waals surface area contributed by atoms with Crippen LogP contribution < -0.4 is 4.90 Å². The molecule has 1 aliphatic heterocycles. The van der Waals surface area contributed by atoms with Crippen molar-refractivity contribution >= 4 is 17.4 Å². The summed E-state index contributed by atoms with van der Waals surface area (Å²) in [7, 11) is 1.74. The number of hydrogen-bond acceptors (Lipinski definition) is 3. The molecule has 0 bridgehead atoms. The molecule has 1 heterocycles. The van der Waals surface area contributed by atoms with Crippen LogP contribution in [-0.4, -0.2) is 30.5 Å². The quantitative estimate of drug-likeness (QED) is 0.813. The van der Waals surface area contributed by atoms with Gasteiger partial charge in [0, 0.05) is 18.3 Å². The number of amides is 1. The molecule has 18 heavy (non-hydrogen) atoms. The molecule has 1 aromatic carbocycles. The van der Waals surface area contributed by atoms with Crippen LogP contribution in [0.2, 0.25) is 0 Å². The Hall–Kier alpha value is -1.68. The fourth-order valence-corrected chi connectivity index (χ4v) is 2.53. The first kappa shape index (κ1) is 11.4. The van der Waals surface area contributed by atoms with E-state index in [1.807, 2.05) is 6.07 Å². The minimum absolute atomic E-state index is 0.00908. The largest absolute Gasteiger partial charge is 0.395 e. The van der Waals surface area contributed by atoms with Crippen molar-refractivity contribution in [2.24, 2.45) is 5.41 Å². The number of aliphatic hydroxyl groups is 1. The molecular formula is C14H15NO3. The molecule has 4 heteroatoms. The zero-order chi connectivity index (χ0) is 12.9. The Morgan fingerprint density at radius 1 is 1.44 bits per heavy atom. The maximum atomic E-state index is 12.3. The van der Waals surface area contributed by atoms with E-state index < -0.39 is 5.41 Å². The highest BCUT2D eigenvalue weighted by Gasteiger charge is 2.49. The number of likely N-dealkylation sites (N-methyl/N-ethyl adjacent to an activating group) is 1. The van der Waals surface area contributed by atoms with Crippen molar-refractivity contribution in [2.75, 3.05) is 18.6 Å². The summed E-state index contributed by atoms with van der Waals surface area (Å²) in [6, 6.07) is 5.38. The van der Waals surface area contributed by atoms with Crippen LogP contribution in [0.5, 0.6) is 0 Å². The number of carbonyl (C=O) groups excluding carboxylic acids is 2. The molecule has 0 unspecified atom stereocenters. The Bertz CT molecular complexity index is 546. The van der Waals surface area contributed by atoms with E-state index in [1.54, 1.807) is 24.1 Å². The Morgan fingerprint density at radius 3 is 2.78 bits per heavy atom. The lowest BCUT2D eigenvalue weighted by molar-refractivity contribution is -0.117. The predicted molar refractivity (Wildman–Crippen MR) is 66.6 cm³/mol. The zero-order valence-corrected chi connectivity index (χ0v) is 10.3. The van der Waals surface area contributed by atoms with Gasteiger partial charge in [-0.25, -0.2) is 0 Å². The lowest BCUT2D eigenvalue weighted by Gasteiger charge is -2.13. The van der Waals surface area contributed by atoms with Crippen LogP contribution in [0.4, 0.5) is 5.69 Å². The van der Waals surface area contributed by atoms with E-state index in [9.17, 15) is 14.7 Å². The molecule has 4 nitrogen and oxygen atoms in total. The van der Waals surface area contributed by atoms with Gasteiger partial charge in [-0.1, -0.05) is 0 Å². The summed E-state index contributed by atoms with van der Waals surface area (Å²) in [5.74, 6) is 0.0627. The molecule has 1 aromatic rings. The molecule has 0 atom stereocenters. The van der Waals surface area contributed by atoms with Gasteiger partial charge in [0.05, 0.1) is 18.4 Å². The van der Waals surface area contributed by atoms with Crippen LogP contribution in [0.3, 0.4) is 0 Å². The monoisotopic (exact) mass is 245 g/mol. The summed E-state index contributed by atoms with van der Waals surface area (Å²) < 4.78 is 0. The molecule has 0 radical (unpaired) electrons. The number of fused-ring (bicyclic) bond motifs is 1. The van der Waals surface area contributed by atoms with Gasteiger partial charge in [-0.3, -0.25) is 9.59 Å². The Kier molecular flexibility index (Phi) is 2.32. The van der Waals surface area contributed by atoms with Crippen LogP contribution in [0.1, 0.15) is 28.8 Å². The summed E-state index contributed by atoms with van der Waals surface area (Å²) in [5.41, 5.74) is 1.86. The van der Waals surface area contributed by atoms with Crippen LogP contribution in [0.15, 0.2) is 18.2 Å². The average Bonchev–Trinajstić information content (AvgIpc) is 3.12. The van der Waals surface area contributed by atoms with Crippen molar-refractivity contribution in [3.8, 4) is 0 Å². The van der Waals surface area contributed by atoms with E-state index in [1.165, 1.54) is 0 Å². The molecule has 94 valence electrons. The number of rotatable bonds is 3. The number of aliphatic hydroxyl groups excluding tert-OH is 1. The summed E-state index contributed by atoms with van der Waals surface area (Å²) in [4.78, 5) is 25.5. The second-order valence-corrected chi connectivity index (χ2v) is 5.24. The smallest absolute Gasteiger partial charge is 0.231 e. The summed E-state index contributed by atoms with van der Waals surface area (Å²) >= 11 is 0. The Labute approximate surface area is 105 Å². The SMILES string of the molecule is CN1C(=O)Cc2cc(C(=O)C3(CO)CC3)ccc21. The van der Waals surface area contributed by atoms with Gasteiger partial charge in [-0.2, -0.15) is 0 Å². The van der Waals surface area contributed by atoms with E-state index in [4.69, 9.17) is 0 Å². The molecule has 1 aliphatic carbocycles. The van der Waals surface area contributed by atoms with E-state index >= 15 is 0 Å². The van der Waals surface area contributed by atoms with Crippen molar-refractivity contribution < 1.29 is 14.7 Å². The predicted octanol–water partition coefficient (Wildman–Crippen LogP) is 1.16. The van der Waals surface area contributed by atoms with Gasteiger partial charge in [0.25, 0.3) is 0 Å². The summed E-state index contributed by atoms with van der Waals surface area (Å²) in [5, 5.41) is 9.28. The summed E-state index contributed by atoms with van der Waals surface area (Å²) in [6.07, 6.45) is 1.88. The standard InChI is InChI=1S/C14H15NO3/c1-15-11-3-2-9(6-10(11)7-12(15)17)13(18)14(8-16)4-5-14/h2-3,6,16H,4-5,7-8H2,1H3. The number of ketones is 1. The van der Waals surface area contributed by atoms with Crippen molar-refractivity contribution in [3.05, 3.63) is 29.3 Å². The lowest BCUT2D eigenvalue weighted by Crippen LogP contribution is -2.21. The number of Topliss-reactive ketones (excluding diaryl/α,β-unsaturated/α-hetero) is 1. The number of carbonyl (C=O) groups is 2. The second kappa shape index (κ2) is 3.65. The van der Waals surface area contributed by atoms with Crippen molar-refractivity contribution in [2.45, 2.75) is 19.3 Å². The van der Waals surface area contributed by atoms with Gasteiger partial charge in [0.15, 0.2) is 5.78 Å². The first-order valence-electron chi connectivity index (χ1n) is 6.12. The average molecular weight is 245 g/mol. The highest BCUT2D eigenvalue weighted by Crippen LogP contribution is 2.48. The molecule has 2 aliphatic rings. The Morgan fingerprint density at radius 2 is 2.17 bits per heavy atom.